The lowest BCUT2D eigenvalue weighted by Gasteiger charge is -2.25. The van der Waals surface area contributed by atoms with Crippen LogP contribution in [-0.4, -0.2) is 8.42 Å². The highest BCUT2D eigenvalue weighted by Crippen LogP contribution is 2.32. The van der Waals surface area contributed by atoms with E-state index in [1.54, 1.807) is 0 Å². The van der Waals surface area contributed by atoms with Crippen LogP contribution < -0.4 is 5.32 Å². The summed E-state index contributed by atoms with van der Waals surface area (Å²) in [6, 6.07) is 0. The molecule has 0 aromatic rings. The van der Waals surface area contributed by atoms with Crippen LogP contribution in [0.1, 0.15) is 13.3 Å². The highest BCUT2D eigenvalue weighted by Gasteiger charge is 2.32. The largest absolute Gasteiger partial charge is 0.354 e. The molecule has 0 unspecified atom stereocenters. The van der Waals surface area contributed by atoms with Crippen LogP contribution in [0.25, 0.3) is 0 Å². The summed E-state index contributed by atoms with van der Waals surface area (Å²) >= 11 is 0. The zero-order valence-electron chi connectivity index (χ0n) is 10.4. The van der Waals surface area contributed by atoms with Gasteiger partial charge >= 0.3 is 0 Å². The van der Waals surface area contributed by atoms with E-state index in [0.29, 0.717) is 11.4 Å². The van der Waals surface area contributed by atoms with Gasteiger partial charge in [0.2, 0.25) is 9.84 Å². The van der Waals surface area contributed by atoms with Gasteiger partial charge in [-0.25, -0.2) is 8.42 Å². The van der Waals surface area contributed by atoms with Crippen molar-refractivity contribution in [3.8, 4) is 0 Å². The molecule has 1 fully saturated rings. The Morgan fingerprint density at radius 3 is 2.22 bits per heavy atom. The van der Waals surface area contributed by atoms with Gasteiger partial charge in [0.25, 0.3) is 0 Å². The molecule has 18 heavy (non-hydrogen) atoms. The molecule has 4 heteroatoms. The topological polar surface area (TPSA) is 46.2 Å². The van der Waals surface area contributed by atoms with Crippen molar-refractivity contribution in [2.45, 2.75) is 13.3 Å². The summed E-state index contributed by atoms with van der Waals surface area (Å²) in [6.07, 6.45) is 8.33. The van der Waals surface area contributed by atoms with Crippen LogP contribution in [0.15, 0.2) is 71.3 Å². The minimum Gasteiger partial charge on any atom is -0.354 e. The van der Waals surface area contributed by atoms with E-state index in [2.05, 4.69) is 25.1 Å². The van der Waals surface area contributed by atoms with E-state index >= 15 is 0 Å². The van der Waals surface area contributed by atoms with Crippen molar-refractivity contribution >= 4 is 9.84 Å². The second-order valence-corrected chi connectivity index (χ2v) is 5.55. The summed E-state index contributed by atoms with van der Waals surface area (Å²) in [6.45, 7) is 12.7. The van der Waals surface area contributed by atoms with Crippen LogP contribution in [0.5, 0.6) is 0 Å². The van der Waals surface area contributed by atoms with Crippen molar-refractivity contribution in [2.75, 3.05) is 0 Å². The van der Waals surface area contributed by atoms with Gasteiger partial charge < -0.3 is 5.32 Å². The van der Waals surface area contributed by atoms with Crippen LogP contribution in [0.2, 0.25) is 0 Å². The smallest absolute Gasteiger partial charge is 0.210 e. The van der Waals surface area contributed by atoms with Gasteiger partial charge in [-0.05, 0) is 18.6 Å². The fourth-order valence-electron chi connectivity index (χ4n) is 1.65. The molecule has 1 aliphatic heterocycles. The van der Waals surface area contributed by atoms with Gasteiger partial charge in [-0.2, -0.15) is 0 Å². The van der Waals surface area contributed by atoms with Gasteiger partial charge in [-0.1, -0.05) is 44.9 Å². The summed E-state index contributed by atoms with van der Waals surface area (Å²) < 4.78 is 24.8. The Balaban J connectivity index is 3.52. The predicted molar refractivity (Wildman–Crippen MR) is 76.1 cm³/mol. The Bertz CT molecular complexity index is 575. The zero-order chi connectivity index (χ0) is 13.8. The van der Waals surface area contributed by atoms with Gasteiger partial charge in [0, 0.05) is 0 Å². The Morgan fingerprint density at radius 1 is 1.17 bits per heavy atom. The first-order chi connectivity index (χ1) is 8.48. The molecule has 0 amide bonds. The third-order valence-corrected chi connectivity index (χ3v) is 4.27. The van der Waals surface area contributed by atoms with Crippen LogP contribution in [0, 0.1) is 0 Å². The van der Waals surface area contributed by atoms with Gasteiger partial charge in [-0.15, -0.1) is 0 Å². The summed E-state index contributed by atoms with van der Waals surface area (Å²) in [5.41, 5.74) is 0.902. The summed E-state index contributed by atoms with van der Waals surface area (Å²) in [4.78, 5) is 0.346. The molecule has 3 nitrogen and oxygen atoms in total. The number of rotatable bonds is 3. The second-order valence-electron chi connectivity index (χ2n) is 3.67. The SMILES string of the molecule is C=C/C=C1\C(=C)NC(=C/CC)/C(=C\C=C)S1(=O)=O. The van der Waals surface area contributed by atoms with Crippen molar-refractivity contribution in [1.29, 1.82) is 0 Å². The van der Waals surface area contributed by atoms with E-state index < -0.39 is 9.84 Å². The molecule has 0 aromatic carbocycles. The number of hydrogen-bond donors (Lipinski definition) is 1. The number of sulfone groups is 1. The first-order valence-electron chi connectivity index (χ1n) is 5.56. The van der Waals surface area contributed by atoms with E-state index in [-0.39, 0.29) is 9.81 Å². The molecule has 0 aliphatic carbocycles. The molecule has 1 rings (SSSR count). The van der Waals surface area contributed by atoms with Crippen LogP contribution >= 0.6 is 0 Å². The summed E-state index contributed by atoms with van der Waals surface area (Å²) in [5, 5.41) is 3.00. The quantitative estimate of drug-likeness (QED) is 0.851. The Hall–Kier alpha value is -1.81. The van der Waals surface area contributed by atoms with Crippen molar-refractivity contribution in [2.24, 2.45) is 0 Å². The first-order valence-corrected chi connectivity index (χ1v) is 7.04. The van der Waals surface area contributed by atoms with Crippen LogP contribution in [-0.2, 0) is 9.84 Å². The molecular formula is C14H17NO2S. The standard InChI is InChI=1S/C14H17NO2S/c1-5-8-12-14(10-7-3)18(16,17)13(9-6-2)11(4)15-12/h6-10,15H,2-5H2,1H3/b12-8+,13-9+,14-10+. The van der Waals surface area contributed by atoms with Gasteiger partial charge in [0.05, 0.1) is 21.2 Å². The normalized spacial score (nSPS) is 25.2. The maximum absolute atomic E-state index is 12.4. The third-order valence-electron chi connectivity index (χ3n) is 2.37. The number of nitrogens with one attached hydrogen (secondary N) is 1. The van der Waals surface area contributed by atoms with Crippen LogP contribution in [0.3, 0.4) is 0 Å². The molecule has 0 spiro atoms. The molecule has 0 aromatic heterocycles. The summed E-state index contributed by atoms with van der Waals surface area (Å²) in [7, 11) is -3.56. The zero-order valence-corrected chi connectivity index (χ0v) is 11.3. The van der Waals surface area contributed by atoms with E-state index in [1.165, 1.54) is 24.3 Å². The average Bonchev–Trinajstić information content (AvgIpc) is 2.30. The summed E-state index contributed by atoms with van der Waals surface area (Å²) in [5.74, 6) is 0. The van der Waals surface area contributed by atoms with Crippen molar-refractivity contribution in [3.63, 3.8) is 0 Å². The highest BCUT2D eigenvalue weighted by molar-refractivity contribution is 7.99. The minimum absolute atomic E-state index is 0.138. The lowest BCUT2D eigenvalue weighted by atomic mass is 10.2. The van der Waals surface area contributed by atoms with Crippen LogP contribution in [0.4, 0.5) is 0 Å². The first kappa shape index (κ1) is 14.3. The molecule has 0 atom stereocenters. The van der Waals surface area contributed by atoms with Crippen molar-refractivity contribution in [3.05, 3.63) is 71.3 Å². The molecule has 0 saturated carbocycles. The van der Waals surface area contributed by atoms with E-state index in [4.69, 9.17) is 0 Å². The fourth-order valence-corrected chi connectivity index (χ4v) is 3.24. The molecule has 1 N–H and O–H groups in total. The Kier molecular flexibility index (Phi) is 4.50. The molecule has 0 bridgehead atoms. The number of allylic oxidation sites excluding steroid dienone is 5. The van der Waals surface area contributed by atoms with Gasteiger partial charge in [0.15, 0.2) is 0 Å². The maximum atomic E-state index is 12.4. The molecular weight excluding hydrogens is 246 g/mol. The van der Waals surface area contributed by atoms with E-state index in [0.717, 1.165) is 6.42 Å². The van der Waals surface area contributed by atoms with E-state index in [1.807, 2.05) is 13.0 Å². The number of hydrogen-bond acceptors (Lipinski definition) is 3. The minimum atomic E-state index is -3.56. The van der Waals surface area contributed by atoms with Gasteiger partial charge in [-0.3, -0.25) is 0 Å². The predicted octanol–water partition coefficient (Wildman–Crippen LogP) is 2.95. The maximum Gasteiger partial charge on any atom is 0.210 e. The third kappa shape index (κ3) is 2.54. The highest BCUT2D eigenvalue weighted by atomic mass is 32.2. The molecule has 1 aliphatic rings. The Morgan fingerprint density at radius 2 is 1.72 bits per heavy atom. The van der Waals surface area contributed by atoms with Crippen molar-refractivity contribution in [1.82, 2.24) is 5.32 Å². The molecule has 0 radical (unpaired) electrons. The Labute approximate surface area is 109 Å². The molecule has 1 heterocycles. The lowest BCUT2D eigenvalue weighted by molar-refractivity contribution is 0.605. The molecule has 96 valence electrons. The lowest BCUT2D eigenvalue weighted by Crippen LogP contribution is -2.28. The fraction of sp³-hybridized carbons (Fsp3) is 0.143. The van der Waals surface area contributed by atoms with Gasteiger partial charge in [0.1, 0.15) is 0 Å². The average molecular weight is 263 g/mol. The molecule has 1 saturated heterocycles. The second kappa shape index (κ2) is 5.69. The van der Waals surface area contributed by atoms with E-state index in [9.17, 15) is 8.42 Å². The monoisotopic (exact) mass is 263 g/mol. The van der Waals surface area contributed by atoms with Crippen molar-refractivity contribution < 1.29 is 8.42 Å².